The van der Waals surface area contributed by atoms with Crippen LogP contribution in [0.1, 0.15) is 38.3 Å². The molecule has 0 radical (unpaired) electrons. The van der Waals surface area contributed by atoms with Crippen molar-refractivity contribution in [3.8, 4) is 0 Å². The number of halogens is 1. The smallest absolute Gasteiger partial charge is 0.264 e. The fourth-order valence-electron chi connectivity index (χ4n) is 3.82. The summed E-state index contributed by atoms with van der Waals surface area (Å²) >= 11 is 3.40. The summed E-state index contributed by atoms with van der Waals surface area (Å²) in [6.45, 7) is 7.19. The van der Waals surface area contributed by atoms with E-state index in [2.05, 4.69) is 21.2 Å². The van der Waals surface area contributed by atoms with Crippen molar-refractivity contribution in [1.29, 1.82) is 0 Å². The molecule has 2 amide bonds. The van der Waals surface area contributed by atoms with Crippen molar-refractivity contribution in [2.24, 2.45) is 0 Å². The fourth-order valence-corrected chi connectivity index (χ4v) is 5.63. The predicted octanol–water partition coefficient (Wildman–Crippen LogP) is 5.28. The van der Waals surface area contributed by atoms with Crippen LogP contribution in [0.15, 0.2) is 88.2 Å². The Kier molecular flexibility index (Phi) is 10.1. The largest absolute Gasteiger partial charge is 0.352 e. The minimum Gasteiger partial charge on any atom is -0.352 e. The number of benzene rings is 3. The molecule has 0 spiro atoms. The van der Waals surface area contributed by atoms with E-state index in [1.54, 1.807) is 49.4 Å². The van der Waals surface area contributed by atoms with Gasteiger partial charge in [-0.2, -0.15) is 0 Å². The minimum atomic E-state index is -4.08. The number of anilines is 1. The molecule has 2 atom stereocenters. The molecule has 0 aliphatic carbocycles. The minimum absolute atomic E-state index is 0.0575. The molecule has 38 heavy (non-hydrogen) atoms. The normalized spacial score (nSPS) is 12.9. The SMILES string of the molecule is CCC(C)NC(=O)C(C)N(Cc1ccc(C)cc1)C(=O)CN(c1cccc(Br)c1)S(=O)(=O)c1ccccc1. The van der Waals surface area contributed by atoms with E-state index in [0.29, 0.717) is 10.2 Å². The van der Waals surface area contributed by atoms with E-state index < -0.39 is 28.5 Å². The molecule has 0 aliphatic rings. The van der Waals surface area contributed by atoms with Gasteiger partial charge in [-0.15, -0.1) is 0 Å². The Morgan fingerprint density at radius 2 is 1.61 bits per heavy atom. The maximum atomic E-state index is 13.9. The number of carbonyl (C=O) groups is 2. The van der Waals surface area contributed by atoms with Gasteiger partial charge in [-0.25, -0.2) is 8.42 Å². The molecule has 7 nitrogen and oxygen atoms in total. The second-order valence-electron chi connectivity index (χ2n) is 9.31. The number of sulfonamides is 1. The van der Waals surface area contributed by atoms with Crippen LogP contribution >= 0.6 is 15.9 Å². The summed E-state index contributed by atoms with van der Waals surface area (Å²) in [4.78, 5) is 28.5. The monoisotopic (exact) mass is 599 g/mol. The van der Waals surface area contributed by atoms with Crippen LogP contribution in [0.25, 0.3) is 0 Å². The average molecular weight is 601 g/mol. The zero-order valence-corrected chi connectivity index (χ0v) is 24.5. The Morgan fingerprint density at radius 3 is 2.21 bits per heavy atom. The van der Waals surface area contributed by atoms with Gasteiger partial charge in [0.15, 0.2) is 0 Å². The Bertz CT molecular complexity index is 1350. The van der Waals surface area contributed by atoms with Gasteiger partial charge in [-0.3, -0.25) is 13.9 Å². The van der Waals surface area contributed by atoms with Crippen molar-refractivity contribution in [3.63, 3.8) is 0 Å². The third-order valence-electron chi connectivity index (χ3n) is 6.35. The Labute approximate surface area is 234 Å². The van der Waals surface area contributed by atoms with Crippen LogP contribution < -0.4 is 9.62 Å². The number of aryl methyl sites for hydroxylation is 1. The Morgan fingerprint density at radius 1 is 0.947 bits per heavy atom. The number of hydrogen-bond acceptors (Lipinski definition) is 4. The second kappa shape index (κ2) is 13.1. The van der Waals surface area contributed by atoms with Gasteiger partial charge in [0.25, 0.3) is 10.0 Å². The third-order valence-corrected chi connectivity index (χ3v) is 8.63. The third kappa shape index (κ3) is 7.45. The zero-order chi connectivity index (χ0) is 27.9. The first-order valence-corrected chi connectivity index (χ1v) is 14.7. The van der Waals surface area contributed by atoms with E-state index in [9.17, 15) is 18.0 Å². The first-order valence-electron chi connectivity index (χ1n) is 12.5. The molecule has 0 heterocycles. The quantitative estimate of drug-likeness (QED) is 0.324. The molecule has 2 unspecified atom stereocenters. The average Bonchev–Trinajstić information content (AvgIpc) is 2.91. The molecule has 9 heteroatoms. The van der Waals surface area contributed by atoms with Crippen LogP contribution in [-0.4, -0.2) is 43.8 Å². The molecular formula is C29H34BrN3O4S. The standard InChI is InChI=1S/C29H34BrN3O4S/c1-5-22(3)31-29(35)23(4)32(19-24-16-14-21(2)15-17-24)28(34)20-33(26-11-9-10-25(30)18-26)38(36,37)27-12-7-6-8-13-27/h6-18,22-23H,5,19-20H2,1-4H3,(H,31,35). The van der Waals surface area contributed by atoms with Gasteiger partial charge in [-0.1, -0.05) is 76.9 Å². The van der Waals surface area contributed by atoms with Crippen molar-refractivity contribution < 1.29 is 18.0 Å². The molecule has 0 saturated carbocycles. The Hall–Kier alpha value is -3.17. The molecular weight excluding hydrogens is 566 g/mol. The van der Waals surface area contributed by atoms with Crippen molar-refractivity contribution >= 4 is 43.5 Å². The number of carbonyl (C=O) groups excluding carboxylic acids is 2. The van der Waals surface area contributed by atoms with Crippen LogP contribution in [0.2, 0.25) is 0 Å². The summed E-state index contributed by atoms with van der Waals surface area (Å²) in [5.74, 6) is -0.781. The van der Waals surface area contributed by atoms with Crippen LogP contribution in [0.3, 0.4) is 0 Å². The first-order chi connectivity index (χ1) is 18.0. The van der Waals surface area contributed by atoms with Crippen LogP contribution in [0.4, 0.5) is 5.69 Å². The number of amides is 2. The molecule has 0 fully saturated rings. The highest BCUT2D eigenvalue weighted by atomic mass is 79.9. The number of rotatable bonds is 11. The highest BCUT2D eigenvalue weighted by molar-refractivity contribution is 9.10. The number of hydrogen-bond donors (Lipinski definition) is 1. The highest BCUT2D eigenvalue weighted by Gasteiger charge is 2.32. The highest BCUT2D eigenvalue weighted by Crippen LogP contribution is 2.27. The van der Waals surface area contributed by atoms with E-state index in [-0.39, 0.29) is 23.4 Å². The van der Waals surface area contributed by atoms with Gasteiger partial charge >= 0.3 is 0 Å². The molecule has 3 rings (SSSR count). The van der Waals surface area contributed by atoms with Gasteiger partial charge in [0.2, 0.25) is 11.8 Å². The summed E-state index contributed by atoms with van der Waals surface area (Å²) in [5, 5.41) is 2.94. The van der Waals surface area contributed by atoms with Crippen LogP contribution in [-0.2, 0) is 26.2 Å². The molecule has 3 aromatic rings. The fraction of sp³-hybridized carbons (Fsp3) is 0.310. The van der Waals surface area contributed by atoms with Gasteiger partial charge in [0.05, 0.1) is 10.6 Å². The molecule has 1 N–H and O–H groups in total. The lowest BCUT2D eigenvalue weighted by Crippen LogP contribution is -2.52. The summed E-state index contributed by atoms with van der Waals surface area (Å²) < 4.78 is 29.3. The van der Waals surface area contributed by atoms with E-state index >= 15 is 0 Å². The molecule has 3 aromatic carbocycles. The van der Waals surface area contributed by atoms with Crippen molar-refractivity contribution in [2.45, 2.75) is 57.6 Å². The second-order valence-corrected chi connectivity index (χ2v) is 12.1. The zero-order valence-electron chi connectivity index (χ0n) is 22.1. The van der Waals surface area contributed by atoms with Gasteiger partial charge < -0.3 is 10.2 Å². The maximum absolute atomic E-state index is 13.9. The molecule has 202 valence electrons. The molecule has 0 bridgehead atoms. The van der Waals surface area contributed by atoms with Crippen LogP contribution in [0.5, 0.6) is 0 Å². The van der Waals surface area contributed by atoms with Crippen molar-refractivity contribution in [2.75, 3.05) is 10.8 Å². The molecule has 0 aliphatic heterocycles. The van der Waals surface area contributed by atoms with Crippen molar-refractivity contribution in [3.05, 3.63) is 94.5 Å². The maximum Gasteiger partial charge on any atom is 0.264 e. The van der Waals surface area contributed by atoms with E-state index in [4.69, 9.17) is 0 Å². The van der Waals surface area contributed by atoms with Crippen LogP contribution in [0, 0.1) is 6.92 Å². The number of nitrogens with zero attached hydrogens (tertiary/aromatic N) is 2. The van der Waals surface area contributed by atoms with Gasteiger partial charge in [-0.05, 0) is 63.1 Å². The lowest BCUT2D eigenvalue weighted by molar-refractivity contribution is -0.139. The molecule has 0 aromatic heterocycles. The lowest BCUT2D eigenvalue weighted by Gasteiger charge is -2.32. The molecule has 0 saturated heterocycles. The summed E-state index contributed by atoms with van der Waals surface area (Å²) in [7, 11) is -4.08. The predicted molar refractivity (Wildman–Crippen MR) is 154 cm³/mol. The lowest BCUT2D eigenvalue weighted by atomic mass is 10.1. The van der Waals surface area contributed by atoms with Crippen molar-refractivity contribution in [1.82, 2.24) is 10.2 Å². The first kappa shape index (κ1) is 29.4. The summed E-state index contributed by atoms with van der Waals surface area (Å²) in [6.07, 6.45) is 0.746. The van der Waals surface area contributed by atoms with E-state index in [1.807, 2.05) is 45.0 Å². The topological polar surface area (TPSA) is 86.8 Å². The number of nitrogens with one attached hydrogen (secondary N) is 1. The van der Waals surface area contributed by atoms with Gasteiger partial charge in [0, 0.05) is 17.1 Å². The van der Waals surface area contributed by atoms with Gasteiger partial charge in [0.1, 0.15) is 12.6 Å². The summed E-state index contributed by atoms with van der Waals surface area (Å²) in [6, 6.07) is 21.6. The van der Waals surface area contributed by atoms with E-state index in [1.165, 1.54) is 17.0 Å². The Balaban J connectivity index is 2.01. The van der Waals surface area contributed by atoms with E-state index in [0.717, 1.165) is 21.9 Å². The summed E-state index contributed by atoms with van der Waals surface area (Å²) in [5.41, 5.74) is 2.25.